The van der Waals surface area contributed by atoms with Crippen LogP contribution in [0.2, 0.25) is 0 Å². The van der Waals surface area contributed by atoms with Crippen molar-refractivity contribution in [3.63, 3.8) is 0 Å². The zero-order chi connectivity index (χ0) is 19.1. The third-order valence-electron chi connectivity index (χ3n) is 4.78. The third kappa shape index (κ3) is 5.86. The van der Waals surface area contributed by atoms with E-state index in [4.69, 9.17) is 15.9 Å². The predicted molar refractivity (Wildman–Crippen MR) is 106 cm³/mol. The van der Waals surface area contributed by atoms with Crippen LogP contribution < -0.4 is 4.74 Å². The summed E-state index contributed by atoms with van der Waals surface area (Å²) in [6.45, 7) is 2.72. The minimum Gasteiger partial charge on any atom is -0.497 e. The molecule has 5 nitrogen and oxygen atoms in total. The zero-order valence-corrected chi connectivity index (χ0v) is 15.9. The first kappa shape index (κ1) is 19.5. The van der Waals surface area contributed by atoms with Crippen LogP contribution in [0, 0.1) is 12.3 Å². The molecule has 0 bridgehead atoms. The molecule has 144 valence electrons. The Morgan fingerprint density at radius 2 is 2.19 bits per heavy atom. The van der Waals surface area contributed by atoms with E-state index in [1.54, 1.807) is 7.11 Å². The minimum absolute atomic E-state index is 0.240. The first-order chi connectivity index (χ1) is 13.2. The topological polar surface area (TPSA) is 46.9 Å². The molecule has 0 spiro atoms. The molecule has 1 aliphatic rings. The monoisotopic (exact) mass is 368 g/mol. The van der Waals surface area contributed by atoms with Gasteiger partial charge in [-0.25, -0.2) is 0 Å². The van der Waals surface area contributed by atoms with Crippen molar-refractivity contribution in [3.8, 4) is 18.1 Å². The summed E-state index contributed by atoms with van der Waals surface area (Å²) in [5.74, 6) is 3.30. The van der Waals surface area contributed by atoms with Crippen molar-refractivity contribution in [2.45, 2.75) is 38.1 Å². The van der Waals surface area contributed by atoms with Crippen LogP contribution >= 0.6 is 0 Å². The second-order valence-electron chi connectivity index (χ2n) is 7.01. The number of aliphatic hydroxyl groups is 1. The molecule has 0 unspecified atom stereocenters. The van der Waals surface area contributed by atoms with E-state index in [1.807, 2.05) is 12.1 Å². The Morgan fingerprint density at radius 3 is 2.93 bits per heavy atom. The zero-order valence-electron chi connectivity index (χ0n) is 15.9. The van der Waals surface area contributed by atoms with Crippen LogP contribution in [0.25, 0.3) is 0 Å². The maximum absolute atomic E-state index is 10.3. The van der Waals surface area contributed by atoms with Gasteiger partial charge >= 0.3 is 0 Å². The van der Waals surface area contributed by atoms with Gasteiger partial charge in [-0.05, 0) is 42.7 Å². The average molecular weight is 368 g/mol. The van der Waals surface area contributed by atoms with Crippen LogP contribution in [-0.2, 0) is 17.8 Å². The van der Waals surface area contributed by atoms with E-state index in [1.165, 1.54) is 24.1 Å². The largest absolute Gasteiger partial charge is 0.497 e. The van der Waals surface area contributed by atoms with Crippen molar-refractivity contribution < 1.29 is 14.6 Å². The fourth-order valence-corrected chi connectivity index (χ4v) is 3.28. The highest BCUT2D eigenvalue weighted by molar-refractivity contribution is 5.29. The molecule has 5 heteroatoms. The van der Waals surface area contributed by atoms with Crippen LogP contribution in [0.15, 0.2) is 42.6 Å². The maximum Gasteiger partial charge on any atom is 0.119 e. The van der Waals surface area contributed by atoms with Crippen molar-refractivity contribution >= 4 is 0 Å². The molecule has 0 saturated heterocycles. The SMILES string of the molecule is C#CCOC[C@@H](O)CN(Cc1cccn1Cc1cccc(OC)c1)C1CC1. The summed E-state index contributed by atoms with van der Waals surface area (Å²) >= 11 is 0. The summed E-state index contributed by atoms with van der Waals surface area (Å²) in [6.07, 6.45) is 9.14. The number of aromatic nitrogens is 1. The van der Waals surface area contributed by atoms with Crippen molar-refractivity contribution in [1.29, 1.82) is 0 Å². The first-order valence-electron chi connectivity index (χ1n) is 9.40. The lowest BCUT2D eigenvalue weighted by Crippen LogP contribution is -2.36. The van der Waals surface area contributed by atoms with Gasteiger partial charge < -0.3 is 19.1 Å². The summed E-state index contributed by atoms with van der Waals surface area (Å²) in [4.78, 5) is 2.35. The summed E-state index contributed by atoms with van der Waals surface area (Å²) < 4.78 is 12.9. The van der Waals surface area contributed by atoms with Gasteiger partial charge in [-0.1, -0.05) is 18.1 Å². The van der Waals surface area contributed by atoms with Gasteiger partial charge in [-0.3, -0.25) is 4.90 Å². The lowest BCUT2D eigenvalue weighted by molar-refractivity contribution is 0.0238. The number of ether oxygens (including phenoxy) is 2. The molecule has 1 aliphatic carbocycles. The van der Waals surface area contributed by atoms with Gasteiger partial charge in [0.1, 0.15) is 12.4 Å². The van der Waals surface area contributed by atoms with Crippen LogP contribution in [0.4, 0.5) is 0 Å². The second kappa shape index (κ2) is 9.61. The Balaban J connectivity index is 1.62. The second-order valence-corrected chi connectivity index (χ2v) is 7.01. The molecule has 1 saturated carbocycles. The fourth-order valence-electron chi connectivity index (χ4n) is 3.28. The van der Waals surface area contributed by atoms with E-state index in [0.717, 1.165) is 18.8 Å². The number of terminal acetylenes is 1. The van der Waals surface area contributed by atoms with Gasteiger partial charge in [0, 0.05) is 37.6 Å². The standard InChI is InChI=1S/C22H28N2O3/c1-3-12-27-17-21(25)16-24(19-9-10-19)15-20-7-5-11-23(20)14-18-6-4-8-22(13-18)26-2/h1,4-8,11,13,19,21,25H,9-10,12,14-17H2,2H3/t21-/m0/s1. The normalized spacial score (nSPS) is 14.9. The number of rotatable bonds is 11. The summed E-state index contributed by atoms with van der Waals surface area (Å²) in [5, 5.41) is 10.3. The molecule has 1 atom stereocenters. The van der Waals surface area contributed by atoms with Gasteiger partial charge in [-0.2, -0.15) is 0 Å². The molecule has 3 rings (SSSR count). The molecule has 1 aromatic heterocycles. The molecule has 0 radical (unpaired) electrons. The fraction of sp³-hybridized carbons (Fsp3) is 0.455. The Hall–Kier alpha value is -2.26. The first-order valence-corrected chi connectivity index (χ1v) is 9.40. The van der Waals surface area contributed by atoms with Gasteiger partial charge in [0.2, 0.25) is 0 Å². The highest BCUT2D eigenvalue weighted by atomic mass is 16.5. The number of hydrogen-bond acceptors (Lipinski definition) is 4. The molecular weight excluding hydrogens is 340 g/mol. The Kier molecular flexibility index (Phi) is 6.94. The van der Waals surface area contributed by atoms with Crippen LogP contribution in [0.5, 0.6) is 5.75 Å². The summed E-state index contributed by atoms with van der Waals surface area (Å²) in [6, 6.07) is 12.9. The molecular formula is C22H28N2O3. The van der Waals surface area contributed by atoms with Crippen molar-refractivity contribution in [1.82, 2.24) is 9.47 Å². The van der Waals surface area contributed by atoms with E-state index in [9.17, 15) is 5.11 Å². The lowest BCUT2D eigenvalue weighted by atomic mass is 10.2. The average Bonchev–Trinajstić information content (AvgIpc) is 3.44. The Morgan fingerprint density at radius 1 is 1.33 bits per heavy atom. The van der Waals surface area contributed by atoms with Crippen molar-refractivity contribution in [2.75, 3.05) is 26.9 Å². The van der Waals surface area contributed by atoms with Gasteiger partial charge in [0.25, 0.3) is 0 Å². The molecule has 1 heterocycles. The third-order valence-corrected chi connectivity index (χ3v) is 4.78. The van der Waals surface area contributed by atoms with E-state index >= 15 is 0 Å². The number of nitrogens with zero attached hydrogens (tertiary/aromatic N) is 2. The molecule has 27 heavy (non-hydrogen) atoms. The van der Waals surface area contributed by atoms with E-state index in [-0.39, 0.29) is 13.2 Å². The molecule has 1 N–H and O–H groups in total. The minimum atomic E-state index is -0.527. The summed E-state index contributed by atoms with van der Waals surface area (Å²) in [7, 11) is 1.69. The molecule has 2 aromatic rings. The van der Waals surface area contributed by atoms with Crippen molar-refractivity contribution in [3.05, 3.63) is 53.9 Å². The maximum atomic E-state index is 10.3. The summed E-state index contributed by atoms with van der Waals surface area (Å²) in [5.41, 5.74) is 2.44. The van der Waals surface area contributed by atoms with E-state index < -0.39 is 6.10 Å². The van der Waals surface area contributed by atoms with E-state index in [0.29, 0.717) is 12.6 Å². The van der Waals surface area contributed by atoms with Crippen LogP contribution in [-0.4, -0.2) is 53.6 Å². The number of hydrogen-bond donors (Lipinski definition) is 1. The smallest absolute Gasteiger partial charge is 0.119 e. The number of benzene rings is 1. The van der Waals surface area contributed by atoms with Crippen LogP contribution in [0.3, 0.4) is 0 Å². The van der Waals surface area contributed by atoms with Crippen LogP contribution in [0.1, 0.15) is 24.1 Å². The number of methoxy groups -OCH3 is 1. The van der Waals surface area contributed by atoms with Crippen molar-refractivity contribution in [2.24, 2.45) is 0 Å². The Labute approximate surface area is 161 Å². The highest BCUT2D eigenvalue weighted by Crippen LogP contribution is 2.28. The molecule has 1 aromatic carbocycles. The lowest BCUT2D eigenvalue weighted by Gasteiger charge is -2.25. The quantitative estimate of drug-likeness (QED) is 0.489. The molecule has 0 aliphatic heterocycles. The van der Waals surface area contributed by atoms with E-state index in [2.05, 4.69) is 45.8 Å². The molecule has 0 amide bonds. The highest BCUT2D eigenvalue weighted by Gasteiger charge is 2.30. The van der Waals surface area contributed by atoms with Gasteiger partial charge in [0.05, 0.1) is 19.8 Å². The van der Waals surface area contributed by atoms with Gasteiger partial charge in [-0.15, -0.1) is 6.42 Å². The predicted octanol–water partition coefficient (Wildman–Crippen LogP) is 2.52. The Bertz CT molecular complexity index is 761. The number of aliphatic hydroxyl groups excluding tert-OH is 1. The van der Waals surface area contributed by atoms with Gasteiger partial charge in [0.15, 0.2) is 0 Å². The molecule has 1 fully saturated rings.